The van der Waals surface area contributed by atoms with E-state index in [1.165, 1.54) is 19.0 Å². The van der Waals surface area contributed by atoms with Gasteiger partial charge >= 0.3 is 0 Å². The van der Waals surface area contributed by atoms with Gasteiger partial charge in [0.25, 0.3) is 0 Å². The van der Waals surface area contributed by atoms with Crippen LogP contribution < -0.4 is 4.90 Å². The van der Waals surface area contributed by atoms with Crippen LogP contribution in [0.15, 0.2) is 36.9 Å². The highest BCUT2D eigenvalue weighted by molar-refractivity contribution is 5.95. The molecule has 7 rings (SSSR count). The monoisotopic (exact) mass is 512 g/mol. The minimum absolute atomic E-state index is 0.299. The normalized spacial score (nSPS) is 17.3. The summed E-state index contributed by atoms with van der Waals surface area (Å²) < 4.78 is 16.1. The van der Waals surface area contributed by atoms with Crippen molar-refractivity contribution >= 4 is 27.9 Å². The van der Waals surface area contributed by atoms with E-state index in [0.29, 0.717) is 39.3 Å². The number of nitrogens with zero attached hydrogens (tertiary/aromatic N) is 8. The number of hydrogen-bond donors (Lipinski definition) is 2. The Labute approximate surface area is 218 Å². The molecular weight excluding hydrogens is 483 g/mol. The summed E-state index contributed by atoms with van der Waals surface area (Å²) >= 11 is 0. The third kappa shape index (κ3) is 4.07. The van der Waals surface area contributed by atoms with Crippen molar-refractivity contribution in [2.75, 3.05) is 51.2 Å². The molecule has 38 heavy (non-hydrogen) atoms. The number of anilines is 1. The van der Waals surface area contributed by atoms with Crippen molar-refractivity contribution in [3.05, 3.63) is 48.3 Å². The van der Waals surface area contributed by atoms with Crippen molar-refractivity contribution in [1.82, 2.24) is 44.9 Å². The molecular formula is C27H29FN10. The number of H-pyrrole nitrogens is 2. The zero-order chi connectivity index (χ0) is 25.6. The van der Waals surface area contributed by atoms with Crippen molar-refractivity contribution in [2.45, 2.75) is 19.4 Å². The van der Waals surface area contributed by atoms with Gasteiger partial charge in [-0.15, -0.1) is 0 Å². The Balaban J connectivity index is 1.27. The van der Waals surface area contributed by atoms with Crippen molar-refractivity contribution in [2.24, 2.45) is 0 Å². The Morgan fingerprint density at radius 1 is 0.974 bits per heavy atom. The average molecular weight is 513 g/mol. The maximum absolute atomic E-state index is 16.1. The highest BCUT2D eigenvalue weighted by atomic mass is 19.1. The SMILES string of the molecule is CN1CCN(c2ccnc3nc(-c4[nH]nc5ncc(-c6cncc(CN7CCCC7)c6)c(F)c45)[nH]c23)CC1. The van der Waals surface area contributed by atoms with Crippen LogP contribution in [-0.2, 0) is 6.54 Å². The molecule has 0 amide bonds. The Morgan fingerprint density at radius 2 is 1.82 bits per heavy atom. The number of fused-ring (bicyclic) bond motifs is 2. The lowest BCUT2D eigenvalue weighted by Gasteiger charge is -2.34. The van der Waals surface area contributed by atoms with Gasteiger partial charge in [-0.25, -0.2) is 19.3 Å². The lowest BCUT2D eigenvalue weighted by atomic mass is 10.0. The minimum atomic E-state index is -0.397. The van der Waals surface area contributed by atoms with Crippen LogP contribution in [0, 0.1) is 5.82 Å². The molecule has 10 nitrogen and oxygen atoms in total. The number of pyridine rings is 3. The molecule has 5 aromatic rings. The topological polar surface area (TPSA) is 106 Å². The number of aromatic amines is 2. The lowest BCUT2D eigenvalue weighted by Crippen LogP contribution is -2.44. The maximum atomic E-state index is 16.1. The van der Waals surface area contributed by atoms with E-state index in [4.69, 9.17) is 4.98 Å². The summed E-state index contributed by atoms with van der Waals surface area (Å²) in [5.41, 5.74) is 5.38. The molecule has 0 radical (unpaired) electrons. The fourth-order valence-corrected chi connectivity index (χ4v) is 5.57. The summed E-state index contributed by atoms with van der Waals surface area (Å²) in [4.78, 5) is 28.5. The van der Waals surface area contributed by atoms with Gasteiger partial charge in [-0.1, -0.05) is 0 Å². The smallest absolute Gasteiger partial charge is 0.184 e. The number of aromatic nitrogens is 7. The quantitative estimate of drug-likeness (QED) is 0.369. The number of piperazine rings is 1. The van der Waals surface area contributed by atoms with E-state index in [-0.39, 0.29) is 0 Å². The molecule has 0 unspecified atom stereocenters. The summed E-state index contributed by atoms with van der Waals surface area (Å²) in [5, 5.41) is 7.53. The van der Waals surface area contributed by atoms with Gasteiger partial charge in [0.15, 0.2) is 17.1 Å². The summed E-state index contributed by atoms with van der Waals surface area (Å²) in [7, 11) is 2.13. The second kappa shape index (κ2) is 9.41. The number of likely N-dealkylation sites (tertiary alicyclic amines) is 1. The summed E-state index contributed by atoms with van der Waals surface area (Å²) in [6.45, 7) is 6.82. The van der Waals surface area contributed by atoms with Crippen LogP contribution in [0.4, 0.5) is 10.1 Å². The number of likely N-dealkylation sites (N-methyl/N-ethyl adjacent to an activating group) is 1. The van der Waals surface area contributed by atoms with Crippen molar-refractivity contribution < 1.29 is 4.39 Å². The molecule has 0 bridgehead atoms. The first-order chi connectivity index (χ1) is 18.6. The molecule has 2 saturated heterocycles. The van der Waals surface area contributed by atoms with Gasteiger partial charge in [0.1, 0.15) is 17.0 Å². The van der Waals surface area contributed by atoms with Crippen LogP contribution in [-0.4, -0.2) is 91.2 Å². The first kappa shape index (κ1) is 23.2. The molecule has 2 aliphatic heterocycles. The lowest BCUT2D eigenvalue weighted by molar-refractivity contribution is 0.313. The predicted octanol–water partition coefficient (Wildman–Crippen LogP) is 3.44. The highest BCUT2D eigenvalue weighted by Crippen LogP contribution is 2.34. The van der Waals surface area contributed by atoms with E-state index in [2.05, 4.69) is 51.9 Å². The first-order valence-corrected chi connectivity index (χ1v) is 13.1. The molecule has 194 valence electrons. The Kier molecular flexibility index (Phi) is 5.74. The van der Waals surface area contributed by atoms with Gasteiger partial charge in [-0.05, 0) is 50.7 Å². The van der Waals surface area contributed by atoms with Gasteiger partial charge in [-0.2, -0.15) is 5.10 Å². The third-order valence-electron chi connectivity index (χ3n) is 7.68. The second-order valence-electron chi connectivity index (χ2n) is 10.3. The second-order valence-corrected chi connectivity index (χ2v) is 10.3. The van der Waals surface area contributed by atoms with Crippen LogP contribution in [0.2, 0.25) is 0 Å². The Bertz CT molecular complexity index is 1610. The van der Waals surface area contributed by atoms with Gasteiger partial charge < -0.3 is 14.8 Å². The molecule has 2 N–H and O–H groups in total. The van der Waals surface area contributed by atoms with E-state index in [1.54, 1.807) is 12.4 Å². The molecule has 2 fully saturated rings. The van der Waals surface area contributed by atoms with E-state index < -0.39 is 5.82 Å². The van der Waals surface area contributed by atoms with Gasteiger partial charge in [0, 0.05) is 68.6 Å². The minimum Gasteiger partial charge on any atom is -0.367 e. The van der Waals surface area contributed by atoms with Crippen LogP contribution in [0.25, 0.3) is 44.8 Å². The number of halogens is 1. The maximum Gasteiger partial charge on any atom is 0.184 e. The molecule has 0 aromatic carbocycles. The number of hydrogen-bond acceptors (Lipinski definition) is 8. The Morgan fingerprint density at radius 3 is 2.66 bits per heavy atom. The fourth-order valence-electron chi connectivity index (χ4n) is 5.57. The standard InChI is InChI=1S/C27H29FN10/c1-36-8-10-38(11-9-36)20-4-5-30-26-23(20)32-27(33-26)24-21-22(28)19(15-31-25(21)35-34-24)18-12-17(13-29-14-18)16-37-6-2-3-7-37/h4-5,12-15H,2-3,6-11,16H2,1H3,(H,30,32,33)(H,31,34,35). The van der Waals surface area contributed by atoms with Crippen molar-refractivity contribution in [3.63, 3.8) is 0 Å². The van der Waals surface area contributed by atoms with Crippen LogP contribution in [0.1, 0.15) is 18.4 Å². The van der Waals surface area contributed by atoms with Gasteiger partial charge in [0.2, 0.25) is 0 Å². The molecule has 7 heterocycles. The van der Waals surface area contributed by atoms with Crippen LogP contribution in [0.3, 0.4) is 0 Å². The summed E-state index contributed by atoms with van der Waals surface area (Å²) in [6, 6.07) is 4.01. The molecule has 0 saturated carbocycles. The molecule has 5 aromatic heterocycles. The zero-order valence-electron chi connectivity index (χ0n) is 21.3. The zero-order valence-corrected chi connectivity index (χ0v) is 21.3. The molecule has 2 aliphatic rings. The largest absolute Gasteiger partial charge is 0.367 e. The average Bonchev–Trinajstić information content (AvgIpc) is 3.69. The number of rotatable bonds is 5. The van der Waals surface area contributed by atoms with Crippen LogP contribution >= 0.6 is 0 Å². The fraction of sp³-hybridized carbons (Fsp3) is 0.370. The molecule has 11 heteroatoms. The van der Waals surface area contributed by atoms with E-state index >= 15 is 4.39 Å². The van der Waals surface area contributed by atoms with Gasteiger partial charge in [-0.3, -0.25) is 15.0 Å². The molecule has 0 atom stereocenters. The predicted molar refractivity (Wildman–Crippen MR) is 144 cm³/mol. The molecule has 0 spiro atoms. The number of nitrogens with one attached hydrogen (secondary N) is 2. The van der Waals surface area contributed by atoms with Gasteiger partial charge in [0.05, 0.1) is 11.1 Å². The van der Waals surface area contributed by atoms with Crippen molar-refractivity contribution in [3.8, 4) is 22.6 Å². The van der Waals surface area contributed by atoms with E-state index in [0.717, 1.165) is 62.6 Å². The molecule has 0 aliphatic carbocycles. The number of imidazole rings is 1. The van der Waals surface area contributed by atoms with Crippen LogP contribution in [0.5, 0.6) is 0 Å². The van der Waals surface area contributed by atoms with Crippen molar-refractivity contribution in [1.29, 1.82) is 0 Å². The first-order valence-electron chi connectivity index (χ1n) is 13.1. The van der Waals surface area contributed by atoms with E-state index in [1.807, 2.05) is 18.3 Å². The third-order valence-corrected chi connectivity index (χ3v) is 7.68. The Hall–Kier alpha value is -3.96. The highest BCUT2D eigenvalue weighted by Gasteiger charge is 2.23. The summed E-state index contributed by atoms with van der Waals surface area (Å²) in [5.74, 6) is 0.0851. The van der Waals surface area contributed by atoms with E-state index in [9.17, 15) is 0 Å². The summed E-state index contributed by atoms with van der Waals surface area (Å²) in [6.07, 6.45) is 9.29.